The minimum atomic E-state index is -0.404. The molecule has 2 rings (SSSR count). The normalized spacial score (nSPS) is 27.2. The number of benzene rings is 1. The fourth-order valence-corrected chi connectivity index (χ4v) is 2.96. The summed E-state index contributed by atoms with van der Waals surface area (Å²) in [5, 5.41) is 3.13. The Morgan fingerprint density at radius 2 is 2.00 bits per heavy atom. The molecule has 0 spiro atoms. The predicted octanol–water partition coefficient (Wildman–Crippen LogP) is 2.50. The number of amides is 1. The molecule has 1 amide bonds. The van der Waals surface area contributed by atoms with Gasteiger partial charge in [-0.3, -0.25) is 4.79 Å². The Morgan fingerprint density at radius 3 is 2.60 bits per heavy atom. The van der Waals surface area contributed by atoms with Crippen LogP contribution in [0.4, 0.5) is 0 Å². The minimum Gasteiger partial charge on any atom is -0.352 e. The van der Waals surface area contributed by atoms with E-state index in [0.717, 1.165) is 12.8 Å². The van der Waals surface area contributed by atoms with Crippen molar-refractivity contribution in [2.45, 2.75) is 51.6 Å². The van der Waals surface area contributed by atoms with Gasteiger partial charge < -0.3 is 11.1 Å². The Hall–Kier alpha value is -1.35. The van der Waals surface area contributed by atoms with Gasteiger partial charge in [-0.1, -0.05) is 44.2 Å². The molecule has 0 bridgehead atoms. The van der Waals surface area contributed by atoms with Crippen LogP contribution in [0.5, 0.6) is 0 Å². The predicted molar refractivity (Wildman–Crippen MR) is 82.2 cm³/mol. The second-order valence-electron chi connectivity index (χ2n) is 6.16. The van der Waals surface area contributed by atoms with E-state index in [-0.39, 0.29) is 5.91 Å². The van der Waals surface area contributed by atoms with Crippen LogP contribution in [0.15, 0.2) is 30.3 Å². The maximum atomic E-state index is 12.1. The molecule has 1 aromatic carbocycles. The molecule has 0 heterocycles. The number of nitrogens with two attached hydrogens (primary N) is 1. The van der Waals surface area contributed by atoms with Gasteiger partial charge in [0.1, 0.15) is 0 Å². The van der Waals surface area contributed by atoms with Gasteiger partial charge in [-0.25, -0.2) is 0 Å². The van der Waals surface area contributed by atoms with Gasteiger partial charge in [0, 0.05) is 6.04 Å². The smallest absolute Gasteiger partial charge is 0.237 e. The standard InChI is InChI=1S/C17H26N2O/c1-12-8-11-16(13(12)2)19-17(20)15(18)10-9-14-6-4-3-5-7-14/h3-7,12-13,15-16H,8-11,18H2,1-2H3,(H,19,20). The molecule has 4 unspecified atom stereocenters. The summed E-state index contributed by atoms with van der Waals surface area (Å²) >= 11 is 0. The summed E-state index contributed by atoms with van der Waals surface area (Å²) in [6.45, 7) is 4.48. The molecule has 0 aliphatic heterocycles. The summed E-state index contributed by atoms with van der Waals surface area (Å²) in [5.74, 6) is 1.26. The molecule has 3 nitrogen and oxygen atoms in total. The van der Waals surface area contributed by atoms with E-state index in [4.69, 9.17) is 5.73 Å². The first-order chi connectivity index (χ1) is 9.58. The lowest BCUT2D eigenvalue weighted by molar-refractivity contribution is -0.123. The van der Waals surface area contributed by atoms with Gasteiger partial charge in [0.25, 0.3) is 0 Å². The maximum Gasteiger partial charge on any atom is 0.237 e. The fourth-order valence-electron chi connectivity index (χ4n) is 2.96. The van der Waals surface area contributed by atoms with E-state index in [2.05, 4.69) is 31.3 Å². The highest BCUT2D eigenvalue weighted by molar-refractivity contribution is 5.81. The van der Waals surface area contributed by atoms with Crippen LogP contribution < -0.4 is 11.1 Å². The Labute approximate surface area is 121 Å². The lowest BCUT2D eigenvalue weighted by Crippen LogP contribution is -2.46. The summed E-state index contributed by atoms with van der Waals surface area (Å²) in [5.41, 5.74) is 7.25. The number of carbonyl (C=O) groups is 1. The van der Waals surface area contributed by atoms with Crippen molar-refractivity contribution < 1.29 is 4.79 Å². The molecule has 110 valence electrons. The van der Waals surface area contributed by atoms with Crippen molar-refractivity contribution in [3.63, 3.8) is 0 Å². The van der Waals surface area contributed by atoms with Crippen LogP contribution in [-0.2, 0) is 11.2 Å². The number of carbonyl (C=O) groups excluding carboxylic acids is 1. The number of rotatable bonds is 5. The van der Waals surface area contributed by atoms with Crippen molar-refractivity contribution in [2.24, 2.45) is 17.6 Å². The van der Waals surface area contributed by atoms with Crippen LogP contribution in [0, 0.1) is 11.8 Å². The summed E-state index contributed by atoms with van der Waals surface area (Å²) in [7, 11) is 0. The average molecular weight is 274 g/mol. The van der Waals surface area contributed by atoms with Gasteiger partial charge in [0.2, 0.25) is 5.91 Å². The number of hydrogen-bond acceptors (Lipinski definition) is 2. The third-order valence-electron chi connectivity index (χ3n) is 4.72. The van der Waals surface area contributed by atoms with Gasteiger partial charge in [0.05, 0.1) is 6.04 Å². The molecule has 3 heteroatoms. The quantitative estimate of drug-likeness (QED) is 0.866. The molecule has 4 atom stereocenters. The monoisotopic (exact) mass is 274 g/mol. The lowest BCUT2D eigenvalue weighted by Gasteiger charge is -2.21. The van der Waals surface area contributed by atoms with Crippen LogP contribution in [0.3, 0.4) is 0 Å². The highest BCUT2D eigenvalue weighted by Crippen LogP contribution is 2.31. The number of hydrogen-bond donors (Lipinski definition) is 2. The number of nitrogens with one attached hydrogen (secondary N) is 1. The highest BCUT2D eigenvalue weighted by atomic mass is 16.2. The van der Waals surface area contributed by atoms with Gasteiger partial charge in [-0.05, 0) is 43.1 Å². The van der Waals surface area contributed by atoms with Gasteiger partial charge in [-0.15, -0.1) is 0 Å². The largest absolute Gasteiger partial charge is 0.352 e. The summed E-state index contributed by atoms with van der Waals surface area (Å²) in [6, 6.07) is 10.1. The molecule has 1 saturated carbocycles. The van der Waals surface area contributed by atoms with E-state index in [9.17, 15) is 4.79 Å². The van der Waals surface area contributed by atoms with Crippen molar-refractivity contribution in [1.29, 1.82) is 0 Å². The number of aryl methyl sites for hydroxylation is 1. The maximum absolute atomic E-state index is 12.1. The van der Waals surface area contributed by atoms with Gasteiger partial charge in [0.15, 0.2) is 0 Å². The molecule has 0 saturated heterocycles. The first-order valence-electron chi connectivity index (χ1n) is 7.68. The van der Waals surface area contributed by atoms with Crippen molar-refractivity contribution >= 4 is 5.91 Å². The van der Waals surface area contributed by atoms with E-state index in [1.807, 2.05) is 18.2 Å². The third kappa shape index (κ3) is 3.83. The molecule has 0 radical (unpaired) electrons. The Kier molecular flexibility index (Phi) is 5.18. The molecule has 20 heavy (non-hydrogen) atoms. The fraction of sp³-hybridized carbons (Fsp3) is 0.588. The summed E-state index contributed by atoms with van der Waals surface area (Å²) < 4.78 is 0. The first-order valence-corrected chi connectivity index (χ1v) is 7.68. The summed E-state index contributed by atoms with van der Waals surface area (Å²) in [4.78, 5) is 12.1. The topological polar surface area (TPSA) is 55.1 Å². The van der Waals surface area contributed by atoms with E-state index in [0.29, 0.717) is 24.3 Å². The van der Waals surface area contributed by atoms with Crippen molar-refractivity contribution in [3.8, 4) is 0 Å². The van der Waals surface area contributed by atoms with Crippen LogP contribution >= 0.6 is 0 Å². The van der Waals surface area contributed by atoms with E-state index < -0.39 is 6.04 Å². The zero-order valence-electron chi connectivity index (χ0n) is 12.5. The molecular formula is C17H26N2O. The molecule has 1 aromatic rings. The van der Waals surface area contributed by atoms with Crippen molar-refractivity contribution in [2.75, 3.05) is 0 Å². The van der Waals surface area contributed by atoms with Crippen LogP contribution in [0.2, 0.25) is 0 Å². The average Bonchev–Trinajstić information content (AvgIpc) is 2.78. The lowest BCUT2D eigenvalue weighted by atomic mass is 9.97. The second kappa shape index (κ2) is 6.89. The van der Waals surface area contributed by atoms with E-state index in [1.165, 1.54) is 12.0 Å². The highest BCUT2D eigenvalue weighted by Gasteiger charge is 2.31. The third-order valence-corrected chi connectivity index (χ3v) is 4.72. The SMILES string of the molecule is CC1CCC(NC(=O)C(N)CCc2ccccc2)C1C. The Morgan fingerprint density at radius 1 is 1.30 bits per heavy atom. The van der Waals surface area contributed by atoms with Crippen LogP contribution in [-0.4, -0.2) is 18.0 Å². The van der Waals surface area contributed by atoms with Crippen LogP contribution in [0.25, 0.3) is 0 Å². The van der Waals surface area contributed by atoms with Gasteiger partial charge >= 0.3 is 0 Å². The molecular weight excluding hydrogens is 248 g/mol. The molecule has 1 aliphatic carbocycles. The Bertz CT molecular complexity index is 432. The van der Waals surface area contributed by atoms with E-state index >= 15 is 0 Å². The Balaban J connectivity index is 1.78. The van der Waals surface area contributed by atoms with E-state index in [1.54, 1.807) is 0 Å². The minimum absolute atomic E-state index is 0.00637. The molecule has 1 fully saturated rings. The van der Waals surface area contributed by atoms with Crippen LogP contribution in [0.1, 0.15) is 38.7 Å². The second-order valence-corrected chi connectivity index (χ2v) is 6.16. The summed E-state index contributed by atoms with van der Waals surface area (Å²) in [6.07, 6.45) is 3.84. The molecule has 1 aliphatic rings. The zero-order valence-corrected chi connectivity index (χ0v) is 12.5. The van der Waals surface area contributed by atoms with Gasteiger partial charge in [-0.2, -0.15) is 0 Å². The van der Waals surface area contributed by atoms with Crippen molar-refractivity contribution in [1.82, 2.24) is 5.32 Å². The zero-order chi connectivity index (χ0) is 14.5. The molecule has 0 aromatic heterocycles. The van der Waals surface area contributed by atoms with Crippen molar-refractivity contribution in [3.05, 3.63) is 35.9 Å². The molecule has 3 N–H and O–H groups in total. The first kappa shape index (κ1) is 15.0.